The predicted octanol–water partition coefficient (Wildman–Crippen LogP) is 3.31. The van der Waals surface area contributed by atoms with Gasteiger partial charge in [0.2, 0.25) is 0 Å². The summed E-state index contributed by atoms with van der Waals surface area (Å²) in [6.45, 7) is 4.15. The Hall–Kier alpha value is -1.82. The number of carbonyl (C=O) groups is 1. The number of nitriles is 1. The van der Waals surface area contributed by atoms with Crippen LogP contribution < -0.4 is 4.74 Å². The smallest absolute Gasteiger partial charge is 0.186 e. The molecule has 1 fully saturated rings. The highest BCUT2D eigenvalue weighted by molar-refractivity contribution is 6.06. The van der Waals surface area contributed by atoms with E-state index in [2.05, 4.69) is 19.9 Å². The molecule has 0 bridgehead atoms. The van der Waals surface area contributed by atoms with Crippen LogP contribution in [0.4, 0.5) is 0 Å². The first-order valence-corrected chi connectivity index (χ1v) is 6.18. The van der Waals surface area contributed by atoms with Gasteiger partial charge in [-0.15, -0.1) is 0 Å². The molecular weight excluding hydrogens is 226 g/mol. The fraction of sp³-hybridized carbons (Fsp3) is 0.467. The van der Waals surface area contributed by atoms with Crippen molar-refractivity contribution in [1.29, 1.82) is 5.26 Å². The SMILES string of the molecule is COc1ccc(C(C)C)cc1C(=O)C1(C#N)CC1. The second-order valence-electron chi connectivity index (χ2n) is 5.14. The lowest BCUT2D eigenvalue weighted by atomic mass is 9.92. The summed E-state index contributed by atoms with van der Waals surface area (Å²) in [5.74, 6) is 0.815. The maximum absolute atomic E-state index is 12.4. The number of hydrogen-bond acceptors (Lipinski definition) is 3. The van der Waals surface area contributed by atoms with Gasteiger partial charge < -0.3 is 4.74 Å². The Morgan fingerprint density at radius 2 is 2.11 bits per heavy atom. The summed E-state index contributed by atoms with van der Waals surface area (Å²) in [6.07, 6.45) is 1.33. The molecular formula is C15H17NO2. The van der Waals surface area contributed by atoms with E-state index in [0.717, 1.165) is 5.56 Å². The zero-order chi connectivity index (χ0) is 13.3. The first-order chi connectivity index (χ1) is 8.54. The minimum atomic E-state index is -0.789. The molecule has 1 aromatic carbocycles. The Labute approximate surface area is 107 Å². The van der Waals surface area contributed by atoms with Crippen LogP contribution in [0.5, 0.6) is 5.75 Å². The van der Waals surface area contributed by atoms with Gasteiger partial charge in [-0.2, -0.15) is 5.26 Å². The Morgan fingerprint density at radius 1 is 1.44 bits per heavy atom. The molecule has 0 amide bonds. The van der Waals surface area contributed by atoms with E-state index in [1.807, 2.05) is 18.2 Å². The number of hydrogen-bond donors (Lipinski definition) is 0. The first kappa shape index (κ1) is 12.6. The third-order valence-electron chi connectivity index (χ3n) is 3.53. The van der Waals surface area contributed by atoms with Gasteiger partial charge in [-0.25, -0.2) is 0 Å². The number of carbonyl (C=O) groups excluding carboxylic acids is 1. The first-order valence-electron chi connectivity index (χ1n) is 6.18. The van der Waals surface area contributed by atoms with Crippen LogP contribution in [-0.4, -0.2) is 12.9 Å². The lowest BCUT2D eigenvalue weighted by Crippen LogP contribution is -2.15. The van der Waals surface area contributed by atoms with Crippen molar-refractivity contribution in [3.8, 4) is 11.8 Å². The fourth-order valence-corrected chi connectivity index (χ4v) is 2.03. The molecule has 0 N–H and O–H groups in total. The van der Waals surface area contributed by atoms with E-state index in [-0.39, 0.29) is 5.78 Å². The molecule has 3 nitrogen and oxygen atoms in total. The highest BCUT2D eigenvalue weighted by Crippen LogP contribution is 2.48. The third-order valence-corrected chi connectivity index (χ3v) is 3.53. The lowest BCUT2D eigenvalue weighted by molar-refractivity contribution is 0.0931. The summed E-state index contributed by atoms with van der Waals surface area (Å²) < 4.78 is 5.24. The van der Waals surface area contributed by atoms with Crippen molar-refractivity contribution in [2.75, 3.05) is 7.11 Å². The van der Waals surface area contributed by atoms with Crippen molar-refractivity contribution in [2.24, 2.45) is 5.41 Å². The summed E-state index contributed by atoms with van der Waals surface area (Å²) in [6, 6.07) is 7.79. The number of methoxy groups -OCH3 is 1. The quantitative estimate of drug-likeness (QED) is 0.762. The fourth-order valence-electron chi connectivity index (χ4n) is 2.03. The molecule has 18 heavy (non-hydrogen) atoms. The molecule has 0 spiro atoms. The second kappa shape index (κ2) is 4.45. The highest BCUT2D eigenvalue weighted by atomic mass is 16.5. The van der Waals surface area contributed by atoms with E-state index in [1.54, 1.807) is 7.11 Å². The van der Waals surface area contributed by atoms with Crippen molar-refractivity contribution in [1.82, 2.24) is 0 Å². The zero-order valence-electron chi connectivity index (χ0n) is 11.0. The number of ketones is 1. The minimum absolute atomic E-state index is 0.0932. The number of Topliss-reactive ketones (excluding diaryl/α,β-unsaturated/α-hetero) is 1. The van der Waals surface area contributed by atoms with Crippen molar-refractivity contribution in [3.63, 3.8) is 0 Å². The molecule has 0 atom stereocenters. The van der Waals surface area contributed by atoms with Crippen LogP contribution in [-0.2, 0) is 0 Å². The van der Waals surface area contributed by atoms with Gasteiger partial charge in [0.25, 0.3) is 0 Å². The van der Waals surface area contributed by atoms with E-state index < -0.39 is 5.41 Å². The van der Waals surface area contributed by atoms with Gasteiger partial charge in [-0.05, 0) is 36.5 Å². The van der Waals surface area contributed by atoms with Crippen LogP contribution in [0.1, 0.15) is 48.5 Å². The molecule has 1 aliphatic carbocycles. The van der Waals surface area contributed by atoms with Crippen molar-refractivity contribution in [3.05, 3.63) is 29.3 Å². The van der Waals surface area contributed by atoms with Crippen molar-refractivity contribution >= 4 is 5.78 Å². The van der Waals surface area contributed by atoms with Crippen LogP contribution in [0.3, 0.4) is 0 Å². The maximum atomic E-state index is 12.4. The standard InChI is InChI=1S/C15H17NO2/c1-10(2)11-4-5-13(18-3)12(8-11)14(17)15(9-16)6-7-15/h4-5,8,10H,6-7H2,1-3H3. The second-order valence-corrected chi connectivity index (χ2v) is 5.14. The normalized spacial score (nSPS) is 16.2. The molecule has 3 heteroatoms. The molecule has 1 aliphatic rings. The average molecular weight is 243 g/mol. The molecule has 0 heterocycles. The van der Waals surface area contributed by atoms with Crippen LogP contribution >= 0.6 is 0 Å². The topological polar surface area (TPSA) is 50.1 Å². The molecule has 0 saturated heterocycles. The van der Waals surface area contributed by atoms with E-state index >= 15 is 0 Å². The van der Waals surface area contributed by atoms with Gasteiger partial charge >= 0.3 is 0 Å². The molecule has 2 rings (SSSR count). The molecule has 1 aromatic rings. The van der Waals surface area contributed by atoms with Crippen molar-refractivity contribution in [2.45, 2.75) is 32.6 Å². The molecule has 1 saturated carbocycles. The van der Waals surface area contributed by atoms with E-state index in [0.29, 0.717) is 30.1 Å². The monoisotopic (exact) mass is 243 g/mol. The van der Waals surface area contributed by atoms with E-state index in [4.69, 9.17) is 10.00 Å². The van der Waals surface area contributed by atoms with Gasteiger partial charge in [0.1, 0.15) is 11.2 Å². The minimum Gasteiger partial charge on any atom is -0.496 e. The Bertz CT molecular complexity index is 522. The third kappa shape index (κ3) is 1.99. The van der Waals surface area contributed by atoms with Crippen LogP contribution in [0, 0.1) is 16.7 Å². The summed E-state index contributed by atoms with van der Waals surface area (Å²) in [4.78, 5) is 12.4. The summed E-state index contributed by atoms with van der Waals surface area (Å²) in [5.41, 5.74) is 0.846. The van der Waals surface area contributed by atoms with Crippen LogP contribution in [0.2, 0.25) is 0 Å². The largest absolute Gasteiger partial charge is 0.496 e. The average Bonchev–Trinajstić information content (AvgIpc) is 3.18. The van der Waals surface area contributed by atoms with Gasteiger partial charge in [-0.1, -0.05) is 19.9 Å². The Kier molecular flexibility index (Phi) is 3.13. The lowest BCUT2D eigenvalue weighted by Gasteiger charge is -2.13. The zero-order valence-corrected chi connectivity index (χ0v) is 11.0. The number of nitrogens with zero attached hydrogens (tertiary/aromatic N) is 1. The maximum Gasteiger partial charge on any atom is 0.186 e. The summed E-state index contributed by atoms with van der Waals surface area (Å²) in [7, 11) is 1.55. The van der Waals surface area contributed by atoms with E-state index in [1.165, 1.54) is 0 Å². The van der Waals surface area contributed by atoms with Gasteiger partial charge in [0.05, 0.1) is 18.7 Å². The van der Waals surface area contributed by atoms with Crippen LogP contribution in [0.25, 0.3) is 0 Å². The summed E-state index contributed by atoms with van der Waals surface area (Å²) in [5, 5.41) is 9.12. The van der Waals surface area contributed by atoms with Gasteiger partial charge in [0.15, 0.2) is 5.78 Å². The van der Waals surface area contributed by atoms with Crippen molar-refractivity contribution < 1.29 is 9.53 Å². The molecule has 0 unspecified atom stereocenters. The number of benzene rings is 1. The molecule has 0 aliphatic heterocycles. The molecule has 94 valence electrons. The highest BCUT2D eigenvalue weighted by Gasteiger charge is 2.51. The Morgan fingerprint density at radius 3 is 2.56 bits per heavy atom. The Balaban J connectivity index is 2.45. The number of rotatable bonds is 4. The van der Waals surface area contributed by atoms with E-state index in [9.17, 15) is 4.79 Å². The summed E-state index contributed by atoms with van der Waals surface area (Å²) >= 11 is 0. The molecule has 0 aromatic heterocycles. The van der Waals surface area contributed by atoms with Gasteiger partial charge in [0, 0.05) is 0 Å². The predicted molar refractivity (Wildman–Crippen MR) is 68.7 cm³/mol. The molecule has 0 radical (unpaired) electrons. The van der Waals surface area contributed by atoms with Crippen LogP contribution in [0.15, 0.2) is 18.2 Å². The number of ether oxygens (including phenoxy) is 1. The van der Waals surface area contributed by atoms with Gasteiger partial charge in [-0.3, -0.25) is 4.79 Å².